The van der Waals surface area contributed by atoms with Gasteiger partial charge in [0.15, 0.2) is 0 Å². The Morgan fingerprint density at radius 1 is 0.895 bits per heavy atom. The molecule has 57 heavy (non-hydrogen) atoms. The predicted octanol–water partition coefficient (Wildman–Crippen LogP) is 4.33. The van der Waals surface area contributed by atoms with Crippen molar-refractivity contribution in [3.8, 4) is 0 Å². The monoisotopic (exact) mass is 813 g/mol. The Morgan fingerprint density at radius 2 is 1.49 bits per heavy atom. The normalized spacial score (nSPS) is 19.5. The van der Waals surface area contributed by atoms with Crippen molar-refractivity contribution < 1.29 is 51.7 Å². The number of carbonyl (C=O) groups is 5. The van der Waals surface area contributed by atoms with Crippen LogP contribution in [-0.4, -0.2) is 133 Å². The van der Waals surface area contributed by atoms with Crippen LogP contribution in [0.2, 0.25) is 0 Å². The predicted molar refractivity (Wildman–Crippen MR) is 209 cm³/mol. The lowest BCUT2D eigenvalue weighted by atomic mass is 9.89. The number of aliphatic hydroxyl groups is 1. The zero-order valence-electron chi connectivity index (χ0n) is 35.6. The minimum atomic E-state index is -5.19. The van der Waals surface area contributed by atoms with Crippen LogP contribution in [0, 0.1) is 23.7 Å². The lowest BCUT2D eigenvalue weighted by molar-refractivity contribution is -0.187. The van der Waals surface area contributed by atoms with Crippen LogP contribution in [0.3, 0.4) is 0 Å². The standard InChI is InChI=1S/C41H66F3N5O8/c1-13-25(6)34(47(9)39(54)32(23(2)3)46-38(53)33(24(4)5)48(10)40(55)41(42,43)44)30(56-11)22-31(50)49-21-17-20-29(49)36(57-12)26(7)37(52)45-27(8)35(51)28-18-15-14-16-19-28/h14-16,18-19,23-27,29-30,32-36,51H,13,17,20-22H2,1-12H3,(H,45,52)(H,46,53)/t25-,26+,27+,29-,30+,32-,33-,34-,35+,36+/m0/s1. The van der Waals surface area contributed by atoms with Gasteiger partial charge >= 0.3 is 12.1 Å². The highest BCUT2D eigenvalue weighted by molar-refractivity contribution is 5.93. The zero-order chi connectivity index (χ0) is 43.5. The van der Waals surface area contributed by atoms with Crippen molar-refractivity contribution in [2.75, 3.05) is 34.9 Å². The second-order valence-corrected chi connectivity index (χ2v) is 16.1. The number of hydrogen-bond donors (Lipinski definition) is 3. The van der Waals surface area contributed by atoms with Crippen molar-refractivity contribution in [1.82, 2.24) is 25.3 Å². The summed E-state index contributed by atoms with van der Waals surface area (Å²) in [6.07, 6.45) is -5.84. The van der Waals surface area contributed by atoms with E-state index in [1.165, 1.54) is 33.0 Å². The number of benzene rings is 1. The fraction of sp³-hybridized carbons (Fsp3) is 0.732. The molecule has 0 saturated carbocycles. The number of methoxy groups -OCH3 is 2. The summed E-state index contributed by atoms with van der Waals surface area (Å²) in [6.45, 7) is 14.1. The molecule has 1 fully saturated rings. The summed E-state index contributed by atoms with van der Waals surface area (Å²) in [4.78, 5) is 71.0. The number of ether oxygens (including phenoxy) is 2. The second-order valence-electron chi connectivity index (χ2n) is 16.1. The highest BCUT2D eigenvalue weighted by Crippen LogP contribution is 2.30. The van der Waals surface area contributed by atoms with Gasteiger partial charge in [-0.2, -0.15) is 13.2 Å². The maximum atomic E-state index is 14.2. The molecule has 324 valence electrons. The zero-order valence-corrected chi connectivity index (χ0v) is 35.6. The van der Waals surface area contributed by atoms with Crippen molar-refractivity contribution in [1.29, 1.82) is 0 Å². The van der Waals surface area contributed by atoms with Gasteiger partial charge in [0.1, 0.15) is 12.1 Å². The van der Waals surface area contributed by atoms with Crippen LogP contribution in [0.5, 0.6) is 0 Å². The Bertz CT molecular complexity index is 1480. The number of alkyl halides is 3. The number of nitrogens with zero attached hydrogens (tertiary/aromatic N) is 3. The van der Waals surface area contributed by atoms with Crippen LogP contribution in [0.4, 0.5) is 13.2 Å². The SMILES string of the molecule is CC[C@H](C)[C@@H]([C@@H](CC(=O)N1CCC[C@H]1[C@H](OC)[C@@H](C)C(=O)N[C@H](C)[C@@H](O)c1ccccc1)OC)N(C)C(=O)[C@@H](NC(=O)[C@H](C(C)C)N(C)C(=O)C(F)(F)F)C(C)C. The molecule has 1 aliphatic rings. The molecule has 3 N–H and O–H groups in total. The van der Waals surface area contributed by atoms with Gasteiger partial charge in [-0.25, -0.2) is 0 Å². The lowest BCUT2D eigenvalue weighted by Gasteiger charge is -2.41. The molecule has 1 aromatic rings. The molecule has 10 atom stereocenters. The van der Waals surface area contributed by atoms with Gasteiger partial charge in [-0.1, -0.05) is 85.2 Å². The first-order valence-corrected chi connectivity index (χ1v) is 19.8. The lowest BCUT2D eigenvalue weighted by Crippen LogP contribution is -2.61. The molecule has 0 bridgehead atoms. The molecule has 2 rings (SSSR count). The van der Waals surface area contributed by atoms with Crippen LogP contribution < -0.4 is 10.6 Å². The number of rotatable bonds is 20. The van der Waals surface area contributed by atoms with Crippen molar-refractivity contribution in [3.63, 3.8) is 0 Å². The Morgan fingerprint density at radius 3 is 1.98 bits per heavy atom. The number of halogens is 3. The van der Waals surface area contributed by atoms with Gasteiger partial charge in [0, 0.05) is 34.9 Å². The summed E-state index contributed by atoms with van der Waals surface area (Å²) in [5.74, 6) is -6.28. The Kier molecular flexibility index (Phi) is 18.9. The van der Waals surface area contributed by atoms with E-state index in [1.54, 1.807) is 63.9 Å². The molecule has 1 aliphatic heterocycles. The van der Waals surface area contributed by atoms with Gasteiger partial charge in [-0.05, 0) is 43.1 Å². The minimum absolute atomic E-state index is 0.116. The molecule has 16 heteroatoms. The van der Waals surface area contributed by atoms with Crippen LogP contribution in [0.15, 0.2) is 30.3 Å². The highest BCUT2D eigenvalue weighted by Gasteiger charge is 2.47. The Labute approximate surface area is 336 Å². The molecular formula is C41H66F3N5O8. The highest BCUT2D eigenvalue weighted by atomic mass is 19.4. The summed E-state index contributed by atoms with van der Waals surface area (Å²) in [5.41, 5.74) is 0.666. The number of aliphatic hydroxyl groups excluding tert-OH is 1. The van der Waals surface area contributed by atoms with E-state index >= 15 is 0 Å². The summed E-state index contributed by atoms with van der Waals surface area (Å²) in [6, 6.07) is 4.64. The van der Waals surface area contributed by atoms with Gasteiger partial charge < -0.3 is 39.9 Å². The van der Waals surface area contributed by atoms with Crippen LogP contribution in [-0.2, 0) is 33.4 Å². The Hall–Kier alpha value is -3.76. The number of likely N-dealkylation sites (tertiary alicyclic amines) is 1. The third kappa shape index (κ3) is 12.6. The maximum absolute atomic E-state index is 14.2. The number of likely N-dealkylation sites (N-methyl/N-ethyl adjacent to an activating group) is 2. The third-order valence-electron chi connectivity index (χ3n) is 11.4. The molecule has 0 radical (unpaired) electrons. The van der Waals surface area contributed by atoms with E-state index in [0.717, 1.165) is 7.05 Å². The van der Waals surface area contributed by atoms with E-state index in [0.29, 0.717) is 36.3 Å². The quantitative estimate of drug-likeness (QED) is 0.176. The molecule has 0 aromatic heterocycles. The van der Waals surface area contributed by atoms with Gasteiger partial charge in [0.25, 0.3) is 0 Å². The summed E-state index contributed by atoms with van der Waals surface area (Å²) < 4.78 is 51.8. The van der Waals surface area contributed by atoms with E-state index in [1.807, 2.05) is 19.9 Å². The molecule has 0 spiro atoms. The number of carbonyl (C=O) groups excluding carboxylic acids is 5. The van der Waals surface area contributed by atoms with Crippen molar-refractivity contribution in [2.24, 2.45) is 23.7 Å². The second kappa shape index (κ2) is 21.8. The fourth-order valence-electron chi connectivity index (χ4n) is 7.90. The van der Waals surface area contributed by atoms with Crippen LogP contribution in [0.25, 0.3) is 0 Å². The molecule has 5 amide bonds. The largest absolute Gasteiger partial charge is 0.471 e. The molecule has 1 aromatic carbocycles. The first-order chi connectivity index (χ1) is 26.5. The van der Waals surface area contributed by atoms with E-state index in [2.05, 4.69) is 10.6 Å². The first kappa shape index (κ1) is 49.4. The summed E-state index contributed by atoms with van der Waals surface area (Å²) in [5, 5.41) is 16.3. The van der Waals surface area contributed by atoms with Crippen molar-refractivity contribution >= 4 is 29.5 Å². The Balaban J connectivity index is 2.29. The number of amides is 5. The molecule has 0 unspecified atom stereocenters. The van der Waals surface area contributed by atoms with Gasteiger partial charge in [-0.15, -0.1) is 0 Å². The van der Waals surface area contributed by atoms with E-state index in [-0.39, 0.29) is 24.2 Å². The molecule has 1 saturated heterocycles. The van der Waals surface area contributed by atoms with E-state index in [4.69, 9.17) is 9.47 Å². The molecule has 1 heterocycles. The fourth-order valence-corrected chi connectivity index (χ4v) is 7.90. The third-order valence-corrected chi connectivity index (χ3v) is 11.4. The van der Waals surface area contributed by atoms with E-state index < -0.39 is 90.2 Å². The first-order valence-electron chi connectivity index (χ1n) is 19.8. The molecule has 13 nitrogen and oxygen atoms in total. The maximum Gasteiger partial charge on any atom is 0.471 e. The van der Waals surface area contributed by atoms with E-state index in [9.17, 15) is 42.3 Å². The summed E-state index contributed by atoms with van der Waals surface area (Å²) in [7, 11) is 5.40. The van der Waals surface area contributed by atoms with Gasteiger partial charge in [0.05, 0.1) is 48.8 Å². The number of hydrogen-bond acceptors (Lipinski definition) is 8. The van der Waals surface area contributed by atoms with Crippen molar-refractivity contribution in [2.45, 2.75) is 136 Å². The minimum Gasteiger partial charge on any atom is -0.386 e. The smallest absolute Gasteiger partial charge is 0.386 e. The van der Waals surface area contributed by atoms with Crippen molar-refractivity contribution in [3.05, 3.63) is 35.9 Å². The number of nitrogens with one attached hydrogen (secondary N) is 2. The average Bonchev–Trinajstić information content (AvgIpc) is 3.65. The van der Waals surface area contributed by atoms with Gasteiger partial charge in [0.2, 0.25) is 23.6 Å². The molecule has 0 aliphatic carbocycles. The van der Waals surface area contributed by atoms with Gasteiger partial charge in [-0.3, -0.25) is 24.0 Å². The van der Waals surface area contributed by atoms with Crippen LogP contribution in [0.1, 0.15) is 92.7 Å². The topological polar surface area (TPSA) is 158 Å². The molecular weight excluding hydrogens is 747 g/mol. The van der Waals surface area contributed by atoms with Crippen LogP contribution >= 0.6 is 0 Å². The average molecular weight is 814 g/mol. The summed E-state index contributed by atoms with van der Waals surface area (Å²) >= 11 is 0.